The van der Waals surface area contributed by atoms with Gasteiger partial charge < -0.3 is 9.84 Å². The van der Waals surface area contributed by atoms with Gasteiger partial charge in [0.05, 0.1) is 6.61 Å². The van der Waals surface area contributed by atoms with E-state index in [-0.39, 0.29) is 6.61 Å². The van der Waals surface area contributed by atoms with Crippen LogP contribution in [-0.4, -0.2) is 23.8 Å². The normalized spacial score (nSPS) is 14.9. The Kier molecular flexibility index (Phi) is 2.90. The Bertz CT molecular complexity index is 489. The fourth-order valence-electron chi connectivity index (χ4n) is 1.90. The molecule has 0 spiro atoms. The highest BCUT2D eigenvalue weighted by molar-refractivity contribution is 5.85. The molecule has 84 valence electrons. The molecule has 1 N–H and O–H groups in total. The summed E-state index contributed by atoms with van der Waals surface area (Å²) in [6.45, 7) is 1.99. The number of ether oxygens (including phenoxy) is 1. The summed E-state index contributed by atoms with van der Waals surface area (Å²) in [7, 11) is 1.58. The zero-order valence-electron chi connectivity index (χ0n) is 9.47. The molecule has 0 fully saturated rings. The smallest absolute Gasteiger partial charge is 0.112 e. The molecule has 3 nitrogen and oxygen atoms in total. The first-order chi connectivity index (χ1) is 7.65. The molecule has 0 bridgehead atoms. The maximum Gasteiger partial charge on any atom is 0.112 e. The largest absolute Gasteiger partial charge is 0.383 e. The summed E-state index contributed by atoms with van der Waals surface area (Å²) in [5.41, 5.74) is -0.213. The van der Waals surface area contributed by atoms with E-state index in [0.29, 0.717) is 0 Å². The van der Waals surface area contributed by atoms with E-state index < -0.39 is 5.60 Å². The minimum atomic E-state index is -1.01. The van der Waals surface area contributed by atoms with E-state index in [1.807, 2.05) is 24.3 Å². The Labute approximate surface area is 94.7 Å². The maximum atomic E-state index is 10.3. The van der Waals surface area contributed by atoms with Gasteiger partial charge in [-0.05, 0) is 12.3 Å². The zero-order valence-corrected chi connectivity index (χ0v) is 9.47. The highest BCUT2D eigenvalue weighted by Crippen LogP contribution is 2.27. The molecule has 3 heteroatoms. The van der Waals surface area contributed by atoms with Gasteiger partial charge in [-0.15, -0.1) is 0 Å². The van der Waals surface area contributed by atoms with Gasteiger partial charge in [-0.25, -0.2) is 0 Å². The van der Waals surface area contributed by atoms with Gasteiger partial charge in [-0.1, -0.05) is 24.3 Å². The highest BCUT2D eigenvalue weighted by atomic mass is 16.5. The van der Waals surface area contributed by atoms with Crippen molar-refractivity contribution in [2.24, 2.45) is 0 Å². The van der Waals surface area contributed by atoms with Gasteiger partial charge in [-0.3, -0.25) is 4.98 Å². The first-order valence-electron chi connectivity index (χ1n) is 5.20. The first-order valence-corrected chi connectivity index (χ1v) is 5.20. The Morgan fingerprint density at radius 3 is 2.81 bits per heavy atom. The molecule has 1 heterocycles. The summed E-state index contributed by atoms with van der Waals surface area (Å²) in [6.07, 6.45) is 3.49. The first kappa shape index (κ1) is 11.0. The predicted molar refractivity (Wildman–Crippen MR) is 63.2 cm³/mol. The molecule has 0 aliphatic rings. The number of methoxy groups -OCH3 is 1. The lowest BCUT2D eigenvalue weighted by atomic mass is 9.94. The van der Waals surface area contributed by atoms with Crippen LogP contribution >= 0.6 is 0 Å². The van der Waals surface area contributed by atoms with E-state index in [1.165, 1.54) is 0 Å². The summed E-state index contributed by atoms with van der Waals surface area (Å²) >= 11 is 0. The van der Waals surface area contributed by atoms with Crippen molar-refractivity contribution in [3.05, 3.63) is 42.2 Å². The summed E-state index contributed by atoms with van der Waals surface area (Å²) in [5.74, 6) is 0. The lowest BCUT2D eigenvalue weighted by Crippen LogP contribution is -2.27. The molecular weight excluding hydrogens is 202 g/mol. The van der Waals surface area contributed by atoms with Gasteiger partial charge in [0.1, 0.15) is 5.60 Å². The van der Waals surface area contributed by atoms with Crippen molar-refractivity contribution in [2.75, 3.05) is 13.7 Å². The molecule has 16 heavy (non-hydrogen) atoms. The molecule has 1 aromatic carbocycles. The van der Waals surface area contributed by atoms with Gasteiger partial charge in [0.15, 0.2) is 0 Å². The Hall–Kier alpha value is -1.45. The molecule has 0 aliphatic heterocycles. The van der Waals surface area contributed by atoms with Crippen molar-refractivity contribution in [2.45, 2.75) is 12.5 Å². The lowest BCUT2D eigenvalue weighted by Gasteiger charge is -2.23. The third kappa shape index (κ3) is 1.92. The number of rotatable bonds is 3. The van der Waals surface area contributed by atoms with E-state index in [2.05, 4.69) is 4.98 Å². The number of aromatic nitrogens is 1. The number of pyridine rings is 1. The monoisotopic (exact) mass is 217 g/mol. The van der Waals surface area contributed by atoms with Gasteiger partial charge in [0.25, 0.3) is 0 Å². The quantitative estimate of drug-likeness (QED) is 0.856. The number of hydrogen-bond donors (Lipinski definition) is 1. The van der Waals surface area contributed by atoms with Crippen LogP contribution in [0.4, 0.5) is 0 Å². The van der Waals surface area contributed by atoms with Crippen LogP contribution in [0, 0.1) is 0 Å². The third-order valence-electron chi connectivity index (χ3n) is 2.67. The average molecular weight is 217 g/mol. The second-order valence-electron chi connectivity index (χ2n) is 4.12. The molecule has 1 unspecified atom stereocenters. The maximum absolute atomic E-state index is 10.3. The van der Waals surface area contributed by atoms with Crippen LogP contribution in [0.1, 0.15) is 12.5 Å². The molecule has 0 amide bonds. The second-order valence-corrected chi connectivity index (χ2v) is 4.12. The van der Waals surface area contributed by atoms with Crippen LogP contribution in [0.3, 0.4) is 0 Å². The molecule has 1 atom stereocenters. The summed E-state index contributed by atoms with van der Waals surface area (Å²) in [5, 5.41) is 12.4. The zero-order chi connectivity index (χ0) is 11.6. The summed E-state index contributed by atoms with van der Waals surface area (Å²) in [6, 6.07) is 7.87. The SMILES string of the molecule is COCC(C)(O)c1cncc2ccccc12. The average Bonchev–Trinajstić information content (AvgIpc) is 2.28. The highest BCUT2D eigenvalue weighted by Gasteiger charge is 2.25. The van der Waals surface area contributed by atoms with Crippen molar-refractivity contribution in [1.29, 1.82) is 0 Å². The molecule has 0 radical (unpaired) electrons. The standard InChI is InChI=1S/C13H15NO2/c1-13(15,9-16-2)12-8-14-7-10-5-3-4-6-11(10)12/h3-8,15H,9H2,1-2H3. The van der Waals surface area contributed by atoms with Crippen LogP contribution in [-0.2, 0) is 10.3 Å². The Balaban J connectivity index is 2.60. The van der Waals surface area contributed by atoms with Crippen LogP contribution in [0.25, 0.3) is 10.8 Å². The van der Waals surface area contributed by atoms with E-state index in [4.69, 9.17) is 4.74 Å². The van der Waals surface area contributed by atoms with Crippen LogP contribution in [0.5, 0.6) is 0 Å². The number of aliphatic hydroxyl groups is 1. The van der Waals surface area contributed by atoms with E-state index >= 15 is 0 Å². The molecule has 1 aromatic heterocycles. The topological polar surface area (TPSA) is 42.4 Å². The lowest BCUT2D eigenvalue weighted by molar-refractivity contribution is -0.0199. The number of benzene rings is 1. The molecular formula is C13H15NO2. The van der Waals surface area contributed by atoms with Crippen LogP contribution in [0.2, 0.25) is 0 Å². The van der Waals surface area contributed by atoms with Crippen molar-refractivity contribution >= 4 is 10.8 Å². The fourth-order valence-corrected chi connectivity index (χ4v) is 1.90. The minimum absolute atomic E-state index is 0.253. The minimum Gasteiger partial charge on any atom is -0.383 e. The number of hydrogen-bond acceptors (Lipinski definition) is 3. The van der Waals surface area contributed by atoms with Gasteiger partial charge in [-0.2, -0.15) is 0 Å². The van der Waals surface area contributed by atoms with Crippen LogP contribution in [0.15, 0.2) is 36.7 Å². The summed E-state index contributed by atoms with van der Waals surface area (Å²) < 4.78 is 5.03. The molecule has 2 aromatic rings. The number of fused-ring (bicyclic) bond motifs is 1. The summed E-state index contributed by atoms with van der Waals surface area (Å²) in [4.78, 5) is 4.15. The van der Waals surface area contributed by atoms with Gasteiger partial charge >= 0.3 is 0 Å². The van der Waals surface area contributed by atoms with Gasteiger partial charge in [0, 0.05) is 30.5 Å². The second kappa shape index (κ2) is 4.20. The van der Waals surface area contributed by atoms with Crippen molar-refractivity contribution < 1.29 is 9.84 Å². The molecule has 0 aliphatic carbocycles. The third-order valence-corrected chi connectivity index (χ3v) is 2.67. The predicted octanol–water partition coefficient (Wildman–Crippen LogP) is 2.09. The molecule has 0 saturated carbocycles. The molecule has 0 saturated heterocycles. The van der Waals surface area contributed by atoms with Crippen molar-refractivity contribution in [3.63, 3.8) is 0 Å². The fraction of sp³-hybridized carbons (Fsp3) is 0.308. The number of nitrogens with zero attached hydrogens (tertiary/aromatic N) is 1. The van der Waals surface area contributed by atoms with Crippen molar-refractivity contribution in [3.8, 4) is 0 Å². The van der Waals surface area contributed by atoms with E-state index in [1.54, 1.807) is 26.4 Å². The van der Waals surface area contributed by atoms with E-state index in [0.717, 1.165) is 16.3 Å². The van der Waals surface area contributed by atoms with Gasteiger partial charge in [0.2, 0.25) is 0 Å². The van der Waals surface area contributed by atoms with Crippen molar-refractivity contribution in [1.82, 2.24) is 4.98 Å². The Morgan fingerprint density at radius 1 is 1.31 bits per heavy atom. The Morgan fingerprint density at radius 2 is 2.06 bits per heavy atom. The van der Waals surface area contributed by atoms with Crippen LogP contribution < -0.4 is 0 Å². The van der Waals surface area contributed by atoms with E-state index in [9.17, 15) is 5.11 Å². The molecule has 2 rings (SSSR count).